The summed E-state index contributed by atoms with van der Waals surface area (Å²) in [5, 5.41) is 10.4. The monoisotopic (exact) mass is 194 g/mol. The number of hydrogen-bond acceptors (Lipinski definition) is 6. The van der Waals surface area contributed by atoms with Gasteiger partial charge in [-0.15, -0.1) is 6.42 Å². The maximum atomic E-state index is 10.4. The fraction of sp³-hybridized carbons (Fsp3) is 0.143. The van der Waals surface area contributed by atoms with E-state index in [1.54, 1.807) is 0 Å². The second kappa shape index (κ2) is 4.04. The molecule has 0 saturated carbocycles. The number of nitrogen functional groups attached to an aromatic ring is 1. The van der Waals surface area contributed by atoms with Crippen molar-refractivity contribution in [2.24, 2.45) is 0 Å². The van der Waals surface area contributed by atoms with E-state index in [0.717, 1.165) is 6.20 Å². The average Bonchev–Trinajstić information content (AvgIpc) is 2.14. The van der Waals surface area contributed by atoms with E-state index in [-0.39, 0.29) is 24.1 Å². The first-order valence-electron chi connectivity index (χ1n) is 3.48. The fourth-order valence-electron chi connectivity index (χ4n) is 0.714. The molecule has 72 valence electrons. The third kappa shape index (κ3) is 2.07. The Labute approximate surface area is 79.1 Å². The molecule has 0 atom stereocenters. The molecule has 0 aliphatic heterocycles. The summed E-state index contributed by atoms with van der Waals surface area (Å²) in [6, 6.07) is 0. The summed E-state index contributed by atoms with van der Waals surface area (Å²) in [4.78, 5) is 16.8. The summed E-state index contributed by atoms with van der Waals surface area (Å²) in [6.45, 7) is -0.114. The molecule has 7 nitrogen and oxygen atoms in total. The maximum Gasteiger partial charge on any atom is 0.349 e. The number of anilines is 1. The van der Waals surface area contributed by atoms with Gasteiger partial charge < -0.3 is 10.5 Å². The summed E-state index contributed by atoms with van der Waals surface area (Å²) in [6.07, 6.45) is 5.89. The lowest BCUT2D eigenvalue weighted by atomic mass is 10.5. The SMILES string of the molecule is C#CCOc1nc(N)ncc1[N+](=O)[O-]. The third-order valence-corrected chi connectivity index (χ3v) is 1.24. The number of aromatic nitrogens is 2. The van der Waals surface area contributed by atoms with Crippen molar-refractivity contribution in [3.05, 3.63) is 16.3 Å². The Bertz CT molecular complexity index is 398. The minimum Gasteiger partial charge on any atom is -0.460 e. The fourth-order valence-corrected chi connectivity index (χ4v) is 0.714. The molecule has 1 aromatic heterocycles. The van der Waals surface area contributed by atoms with Crippen LogP contribution >= 0.6 is 0 Å². The molecule has 0 amide bonds. The van der Waals surface area contributed by atoms with Crippen molar-refractivity contribution in [2.75, 3.05) is 12.3 Å². The van der Waals surface area contributed by atoms with Crippen molar-refractivity contribution >= 4 is 11.6 Å². The molecular formula is C7H6N4O3. The molecule has 0 radical (unpaired) electrons. The highest BCUT2D eigenvalue weighted by Crippen LogP contribution is 2.23. The van der Waals surface area contributed by atoms with Crippen molar-refractivity contribution in [3.8, 4) is 18.2 Å². The van der Waals surface area contributed by atoms with Crippen LogP contribution in [0.4, 0.5) is 11.6 Å². The first-order chi connectivity index (χ1) is 6.65. The van der Waals surface area contributed by atoms with Gasteiger partial charge in [0.25, 0.3) is 5.88 Å². The van der Waals surface area contributed by atoms with Crippen molar-refractivity contribution in [3.63, 3.8) is 0 Å². The van der Waals surface area contributed by atoms with E-state index in [4.69, 9.17) is 16.9 Å². The lowest BCUT2D eigenvalue weighted by molar-refractivity contribution is -0.386. The molecule has 0 aliphatic rings. The molecular weight excluding hydrogens is 188 g/mol. The van der Waals surface area contributed by atoms with Gasteiger partial charge in [-0.2, -0.15) is 4.98 Å². The van der Waals surface area contributed by atoms with Crippen molar-refractivity contribution < 1.29 is 9.66 Å². The zero-order chi connectivity index (χ0) is 10.6. The summed E-state index contributed by atoms with van der Waals surface area (Å²) in [7, 11) is 0. The van der Waals surface area contributed by atoms with E-state index in [0.29, 0.717) is 0 Å². The second-order valence-corrected chi connectivity index (χ2v) is 2.17. The van der Waals surface area contributed by atoms with Gasteiger partial charge in [0.1, 0.15) is 6.20 Å². The molecule has 2 N–H and O–H groups in total. The van der Waals surface area contributed by atoms with Crippen LogP contribution < -0.4 is 10.5 Å². The minimum atomic E-state index is -0.675. The van der Waals surface area contributed by atoms with E-state index in [1.165, 1.54) is 0 Å². The molecule has 0 fully saturated rings. The lowest BCUT2D eigenvalue weighted by Gasteiger charge is -2.01. The molecule has 7 heteroatoms. The van der Waals surface area contributed by atoms with Gasteiger partial charge >= 0.3 is 5.69 Å². The Kier molecular flexibility index (Phi) is 2.81. The minimum absolute atomic E-state index is 0.109. The van der Waals surface area contributed by atoms with Gasteiger partial charge in [-0.25, -0.2) is 4.98 Å². The van der Waals surface area contributed by atoms with Crippen LogP contribution in [0.1, 0.15) is 0 Å². The molecule has 0 aromatic carbocycles. The van der Waals surface area contributed by atoms with E-state index in [1.807, 2.05) is 0 Å². The first kappa shape index (κ1) is 9.73. The molecule has 0 aliphatic carbocycles. The molecule has 14 heavy (non-hydrogen) atoms. The molecule has 1 aromatic rings. The lowest BCUT2D eigenvalue weighted by Crippen LogP contribution is -2.04. The number of nitrogens with two attached hydrogens (primary N) is 1. The Morgan fingerprint density at radius 2 is 2.50 bits per heavy atom. The van der Waals surface area contributed by atoms with E-state index in [9.17, 15) is 10.1 Å². The second-order valence-electron chi connectivity index (χ2n) is 2.17. The standard InChI is InChI=1S/C7H6N4O3/c1-2-3-14-6-5(11(12)13)4-9-7(8)10-6/h1,4H,3H2,(H2,8,9,10). The summed E-state index contributed by atoms with van der Waals surface area (Å²) < 4.78 is 4.82. The molecule has 1 rings (SSSR count). The smallest absolute Gasteiger partial charge is 0.349 e. The Morgan fingerprint density at radius 1 is 1.79 bits per heavy atom. The third-order valence-electron chi connectivity index (χ3n) is 1.24. The summed E-state index contributed by atoms with van der Waals surface area (Å²) >= 11 is 0. The Morgan fingerprint density at radius 3 is 3.07 bits per heavy atom. The van der Waals surface area contributed by atoms with Crippen LogP contribution in [0.15, 0.2) is 6.20 Å². The summed E-state index contributed by atoms with van der Waals surface area (Å²) in [5.74, 6) is 1.83. The van der Waals surface area contributed by atoms with Gasteiger partial charge in [-0.05, 0) is 0 Å². The quantitative estimate of drug-likeness (QED) is 0.412. The van der Waals surface area contributed by atoms with Crippen molar-refractivity contribution in [2.45, 2.75) is 0 Å². The number of nitrogens with zero attached hydrogens (tertiary/aromatic N) is 3. The van der Waals surface area contributed by atoms with Gasteiger partial charge in [0, 0.05) is 0 Å². The predicted octanol–water partition coefficient (Wildman–Crippen LogP) is -0.0210. The van der Waals surface area contributed by atoms with E-state index < -0.39 is 4.92 Å². The highest BCUT2D eigenvalue weighted by Gasteiger charge is 2.17. The number of hydrogen-bond donors (Lipinski definition) is 1. The highest BCUT2D eigenvalue weighted by molar-refractivity contribution is 5.41. The van der Waals surface area contributed by atoms with E-state index in [2.05, 4.69) is 15.9 Å². The number of rotatable bonds is 3. The molecule has 0 saturated heterocycles. The van der Waals surface area contributed by atoms with Crippen LogP contribution in [0.25, 0.3) is 0 Å². The van der Waals surface area contributed by atoms with Gasteiger partial charge in [0.2, 0.25) is 5.95 Å². The van der Waals surface area contributed by atoms with Crippen molar-refractivity contribution in [1.29, 1.82) is 0 Å². The van der Waals surface area contributed by atoms with Crippen LogP contribution in [0.2, 0.25) is 0 Å². The molecule has 0 bridgehead atoms. The average molecular weight is 194 g/mol. The van der Waals surface area contributed by atoms with Crippen molar-refractivity contribution in [1.82, 2.24) is 9.97 Å². The van der Waals surface area contributed by atoms with E-state index >= 15 is 0 Å². The van der Waals surface area contributed by atoms with Crippen LogP contribution in [0.3, 0.4) is 0 Å². The van der Waals surface area contributed by atoms with Gasteiger partial charge in [0.05, 0.1) is 4.92 Å². The maximum absolute atomic E-state index is 10.4. The Hall–Kier alpha value is -2.36. The number of ether oxygens (including phenoxy) is 1. The Balaban J connectivity index is 3.04. The zero-order valence-corrected chi connectivity index (χ0v) is 7.01. The zero-order valence-electron chi connectivity index (χ0n) is 7.01. The highest BCUT2D eigenvalue weighted by atomic mass is 16.6. The van der Waals surface area contributed by atoms with Crippen LogP contribution in [0.5, 0.6) is 5.88 Å². The van der Waals surface area contributed by atoms with Crippen LogP contribution in [0, 0.1) is 22.5 Å². The largest absolute Gasteiger partial charge is 0.460 e. The number of terminal acetylenes is 1. The molecule has 0 unspecified atom stereocenters. The van der Waals surface area contributed by atoms with Gasteiger partial charge in [0.15, 0.2) is 6.61 Å². The number of nitro groups is 1. The first-order valence-corrected chi connectivity index (χ1v) is 3.48. The molecule has 0 spiro atoms. The normalized spacial score (nSPS) is 9.07. The van der Waals surface area contributed by atoms with Gasteiger partial charge in [-0.3, -0.25) is 10.1 Å². The van der Waals surface area contributed by atoms with Crippen LogP contribution in [-0.4, -0.2) is 21.5 Å². The predicted molar refractivity (Wildman–Crippen MR) is 47.4 cm³/mol. The summed E-state index contributed by atoms with van der Waals surface area (Å²) in [5.41, 5.74) is 4.86. The topological polar surface area (TPSA) is 104 Å². The van der Waals surface area contributed by atoms with Gasteiger partial charge in [-0.1, -0.05) is 5.92 Å². The van der Waals surface area contributed by atoms with Crippen LogP contribution in [-0.2, 0) is 0 Å². The molecule has 1 heterocycles.